The second-order valence-corrected chi connectivity index (χ2v) is 3.83. The van der Waals surface area contributed by atoms with Crippen LogP contribution in [0.4, 0.5) is 18.9 Å². The van der Waals surface area contributed by atoms with Gasteiger partial charge in [-0.3, -0.25) is 0 Å². The Kier molecular flexibility index (Phi) is 3.79. The van der Waals surface area contributed by atoms with Gasteiger partial charge in [0.2, 0.25) is 0 Å². The van der Waals surface area contributed by atoms with Crippen LogP contribution in [0.25, 0.3) is 0 Å². The maximum absolute atomic E-state index is 12.1. The number of nitrogens with two attached hydrogens (primary N) is 1. The van der Waals surface area contributed by atoms with Crippen LogP contribution in [-0.2, 0) is 0 Å². The van der Waals surface area contributed by atoms with Crippen molar-refractivity contribution >= 4 is 27.5 Å². The Hall–Kier alpha value is -1.24. The van der Waals surface area contributed by atoms with Crippen LogP contribution in [0.3, 0.4) is 0 Å². The Balaban J connectivity index is 3.13. The van der Waals surface area contributed by atoms with Crippen LogP contribution in [0.15, 0.2) is 27.7 Å². The van der Waals surface area contributed by atoms with Crippen molar-refractivity contribution in [2.24, 2.45) is 10.7 Å². The van der Waals surface area contributed by atoms with Gasteiger partial charge in [0.25, 0.3) is 0 Å². The minimum absolute atomic E-state index is 0.0283. The predicted octanol–water partition coefficient (Wildman–Crippen LogP) is 3.36. The molecule has 0 aliphatic rings. The number of alkyl halides is 3. The second kappa shape index (κ2) is 4.73. The van der Waals surface area contributed by atoms with Crippen molar-refractivity contribution in [2.75, 3.05) is 0 Å². The van der Waals surface area contributed by atoms with Gasteiger partial charge in [-0.1, -0.05) is 15.9 Å². The topological polar surface area (TPSA) is 47.6 Å². The van der Waals surface area contributed by atoms with Gasteiger partial charge in [-0.05, 0) is 25.1 Å². The molecule has 7 heteroatoms. The third kappa shape index (κ3) is 4.09. The maximum Gasteiger partial charge on any atom is 0.573 e. The zero-order valence-electron chi connectivity index (χ0n) is 8.18. The molecule has 0 heterocycles. The normalized spacial score (nSPS) is 12.7. The molecule has 0 saturated carbocycles. The molecule has 1 aromatic carbocycles. The molecule has 0 aromatic heterocycles. The molecule has 0 aliphatic carbocycles. The molecule has 0 bridgehead atoms. The summed E-state index contributed by atoms with van der Waals surface area (Å²) in [4.78, 5) is 3.73. The van der Waals surface area contributed by atoms with E-state index < -0.39 is 12.1 Å². The summed E-state index contributed by atoms with van der Waals surface area (Å²) in [5, 5.41) is 0. The number of benzene rings is 1. The zero-order chi connectivity index (χ0) is 12.3. The minimum Gasteiger partial charge on any atom is -0.403 e. The average molecular weight is 297 g/mol. The molecule has 0 aliphatic heterocycles. The molecular weight excluding hydrogens is 289 g/mol. The smallest absolute Gasteiger partial charge is 0.403 e. The first-order valence-corrected chi connectivity index (χ1v) is 4.93. The van der Waals surface area contributed by atoms with Gasteiger partial charge in [-0.2, -0.15) is 0 Å². The van der Waals surface area contributed by atoms with Crippen molar-refractivity contribution < 1.29 is 17.9 Å². The molecular formula is C9H8BrF3N2O. The SMILES string of the molecule is CC(N)=Nc1ccc(Br)cc1OC(F)(F)F. The van der Waals surface area contributed by atoms with Crippen LogP contribution in [0.1, 0.15) is 6.92 Å². The summed E-state index contributed by atoms with van der Waals surface area (Å²) in [6.45, 7) is 1.47. The lowest BCUT2D eigenvalue weighted by Gasteiger charge is -2.11. The third-order valence-corrected chi connectivity index (χ3v) is 1.94. The summed E-state index contributed by atoms with van der Waals surface area (Å²) >= 11 is 3.04. The van der Waals surface area contributed by atoms with E-state index in [0.29, 0.717) is 4.47 Å². The molecule has 1 aromatic rings. The maximum atomic E-state index is 12.1. The van der Waals surface area contributed by atoms with Gasteiger partial charge < -0.3 is 10.5 Å². The second-order valence-electron chi connectivity index (χ2n) is 2.91. The number of rotatable bonds is 2. The summed E-state index contributed by atoms with van der Waals surface area (Å²) in [6, 6.07) is 4.10. The molecule has 0 amide bonds. The van der Waals surface area contributed by atoms with Crippen LogP contribution in [0.5, 0.6) is 5.75 Å². The fourth-order valence-electron chi connectivity index (χ4n) is 0.977. The van der Waals surface area contributed by atoms with Crippen molar-refractivity contribution in [2.45, 2.75) is 13.3 Å². The number of nitrogens with zero attached hydrogens (tertiary/aromatic N) is 1. The lowest BCUT2D eigenvalue weighted by Crippen LogP contribution is -2.17. The van der Waals surface area contributed by atoms with Gasteiger partial charge in [0.1, 0.15) is 5.69 Å². The highest BCUT2D eigenvalue weighted by Gasteiger charge is 2.32. The van der Waals surface area contributed by atoms with E-state index in [4.69, 9.17) is 5.73 Å². The molecule has 0 fully saturated rings. The van der Waals surface area contributed by atoms with Crippen molar-refractivity contribution in [3.63, 3.8) is 0 Å². The van der Waals surface area contributed by atoms with Gasteiger partial charge in [-0.25, -0.2) is 4.99 Å². The summed E-state index contributed by atoms with van der Waals surface area (Å²) in [5.74, 6) is -0.249. The summed E-state index contributed by atoms with van der Waals surface area (Å²) in [6.07, 6.45) is -4.76. The van der Waals surface area contributed by atoms with Gasteiger partial charge >= 0.3 is 6.36 Å². The van der Waals surface area contributed by atoms with Gasteiger partial charge in [-0.15, -0.1) is 13.2 Å². The molecule has 0 saturated heterocycles. The minimum atomic E-state index is -4.76. The molecule has 0 radical (unpaired) electrons. The molecule has 0 atom stereocenters. The van der Waals surface area contributed by atoms with Crippen LogP contribution in [-0.4, -0.2) is 12.2 Å². The van der Waals surface area contributed by atoms with E-state index >= 15 is 0 Å². The lowest BCUT2D eigenvalue weighted by molar-refractivity contribution is -0.274. The fraction of sp³-hybridized carbons (Fsp3) is 0.222. The molecule has 0 unspecified atom stereocenters. The highest BCUT2D eigenvalue weighted by Crippen LogP contribution is 2.34. The van der Waals surface area contributed by atoms with E-state index in [1.165, 1.54) is 19.1 Å². The van der Waals surface area contributed by atoms with Crippen molar-refractivity contribution in [1.29, 1.82) is 0 Å². The Labute approximate surface area is 98.2 Å². The van der Waals surface area contributed by atoms with E-state index in [1.807, 2.05) is 0 Å². The highest BCUT2D eigenvalue weighted by molar-refractivity contribution is 9.10. The average Bonchev–Trinajstić information content (AvgIpc) is 2.06. The number of aliphatic imine (C=N–C) groups is 1. The first-order valence-electron chi connectivity index (χ1n) is 4.14. The van der Waals surface area contributed by atoms with Gasteiger partial charge in [0.15, 0.2) is 5.75 Å². The number of halogens is 4. The Morgan fingerprint density at radius 1 is 1.44 bits per heavy atom. The molecule has 16 heavy (non-hydrogen) atoms. The molecule has 0 spiro atoms. The van der Waals surface area contributed by atoms with E-state index in [0.717, 1.165) is 0 Å². The van der Waals surface area contributed by atoms with Crippen LogP contribution < -0.4 is 10.5 Å². The van der Waals surface area contributed by atoms with E-state index in [-0.39, 0.29) is 11.5 Å². The fourth-order valence-corrected chi connectivity index (χ4v) is 1.32. The summed E-state index contributed by atoms with van der Waals surface area (Å²) in [7, 11) is 0. The molecule has 1 rings (SSSR count). The number of hydrogen-bond acceptors (Lipinski definition) is 2. The number of ether oxygens (including phenoxy) is 1. The first kappa shape index (κ1) is 12.8. The van der Waals surface area contributed by atoms with E-state index in [1.54, 1.807) is 6.07 Å². The number of amidine groups is 1. The van der Waals surface area contributed by atoms with Crippen molar-refractivity contribution in [3.05, 3.63) is 22.7 Å². The van der Waals surface area contributed by atoms with Gasteiger partial charge in [0.05, 0.1) is 5.84 Å². The Bertz CT molecular complexity index is 414. The van der Waals surface area contributed by atoms with Gasteiger partial charge in [0, 0.05) is 4.47 Å². The summed E-state index contributed by atoms with van der Waals surface area (Å²) < 4.78 is 40.5. The molecule has 3 nitrogen and oxygen atoms in total. The van der Waals surface area contributed by atoms with E-state index in [9.17, 15) is 13.2 Å². The Morgan fingerprint density at radius 3 is 2.56 bits per heavy atom. The highest BCUT2D eigenvalue weighted by atomic mass is 79.9. The lowest BCUT2D eigenvalue weighted by atomic mass is 10.3. The third-order valence-electron chi connectivity index (χ3n) is 1.44. The standard InChI is InChI=1S/C9H8BrF3N2O/c1-5(14)15-7-3-2-6(10)4-8(7)16-9(11,12)13/h2-4H,1H3,(H2,14,15). The monoisotopic (exact) mass is 296 g/mol. The van der Waals surface area contributed by atoms with Crippen molar-refractivity contribution in [3.8, 4) is 5.75 Å². The largest absolute Gasteiger partial charge is 0.573 e. The first-order chi connectivity index (χ1) is 7.28. The predicted molar refractivity (Wildman–Crippen MR) is 57.8 cm³/mol. The van der Waals surface area contributed by atoms with Crippen molar-refractivity contribution in [1.82, 2.24) is 0 Å². The summed E-state index contributed by atoms with van der Waals surface area (Å²) in [5.41, 5.74) is 5.32. The molecule has 2 N–H and O–H groups in total. The Morgan fingerprint density at radius 2 is 2.06 bits per heavy atom. The van der Waals surface area contributed by atoms with Crippen LogP contribution >= 0.6 is 15.9 Å². The van der Waals surface area contributed by atoms with Crippen LogP contribution in [0, 0.1) is 0 Å². The zero-order valence-corrected chi connectivity index (χ0v) is 9.76. The quantitative estimate of drug-likeness (QED) is 0.672. The molecule has 88 valence electrons. The number of hydrogen-bond donors (Lipinski definition) is 1. The van der Waals surface area contributed by atoms with Crippen LogP contribution in [0.2, 0.25) is 0 Å². The van der Waals surface area contributed by atoms with E-state index in [2.05, 4.69) is 25.7 Å².